The van der Waals surface area contributed by atoms with Gasteiger partial charge in [0.2, 0.25) is 5.91 Å². The van der Waals surface area contributed by atoms with Crippen molar-refractivity contribution < 1.29 is 19.1 Å². The Hall–Kier alpha value is -3.02. The predicted octanol–water partition coefficient (Wildman–Crippen LogP) is 2.20. The Morgan fingerprint density at radius 2 is 1.65 bits per heavy atom. The third-order valence-electron chi connectivity index (χ3n) is 3.18. The number of benzene rings is 2. The Bertz CT molecular complexity index is 698. The summed E-state index contributed by atoms with van der Waals surface area (Å²) in [5.74, 6) is 0.207. The van der Waals surface area contributed by atoms with Crippen LogP contribution in [0.25, 0.3) is 0 Å². The van der Waals surface area contributed by atoms with Crippen LogP contribution in [0.4, 0.5) is 5.69 Å². The van der Waals surface area contributed by atoms with Gasteiger partial charge in [0, 0.05) is 11.3 Å². The molecule has 2 aromatic rings. The van der Waals surface area contributed by atoms with Gasteiger partial charge in [-0.25, -0.2) is 0 Å². The summed E-state index contributed by atoms with van der Waals surface area (Å²) in [6.07, 6.45) is -0.720. The Balaban J connectivity index is 2.01. The first-order valence-corrected chi connectivity index (χ1v) is 7.01. The highest BCUT2D eigenvalue weighted by molar-refractivity contribution is 5.96. The summed E-state index contributed by atoms with van der Waals surface area (Å²) in [5, 5.41) is 2.71. The minimum Gasteiger partial charge on any atom is -0.493 e. The van der Waals surface area contributed by atoms with Gasteiger partial charge in [-0.1, -0.05) is 12.1 Å². The Labute approximate surface area is 134 Å². The second-order valence-electron chi connectivity index (χ2n) is 4.84. The summed E-state index contributed by atoms with van der Waals surface area (Å²) in [4.78, 5) is 23.2. The lowest BCUT2D eigenvalue weighted by molar-refractivity contribution is -0.122. The zero-order valence-corrected chi connectivity index (χ0v) is 12.9. The van der Waals surface area contributed by atoms with Crippen molar-refractivity contribution in [1.29, 1.82) is 0 Å². The van der Waals surface area contributed by atoms with E-state index in [9.17, 15) is 9.59 Å². The summed E-state index contributed by atoms with van der Waals surface area (Å²) >= 11 is 0. The van der Waals surface area contributed by atoms with E-state index >= 15 is 0 Å². The van der Waals surface area contributed by atoms with Gasteiger partial charge in [-0.3, -0.25) is 9.59 Å². The number of rotatable bonds is 6. The third kappa shape index (κ3) is 4.23. The fraction of sp³-hybridized carbons (Fsp3) is 0.176. The maximum Gasteiger partial charge on any atom is 0.265 e. The van der Waals surface area contributed by atoms with Crippen molar-refractivity contribution >= 4 is 17.5 Å². The predicted molar refractivity (Wildman–Crippen MR) is 86.7 cm³/mol. The largest absolute Gasteiger partial charge is 0.493 e. The smallest absolute Gasteiger partial charge is 0.265 e. The lowest BCUT2D eigenvalue weighted by atomic mass is 10.2. The molecule has 120 valence electrons. The molecule has 0 aliphatic carbocycles. The fourth-order valence-corrected chi connectivity index (χ4v) is 1.92. The molecule has 0 spiro atoms. The number of primary amides is 1. The van der Waals surface area contributed by atoms with Gasteiger partial charge in [0.15, 0.2) is 17.6 Å². The van der Waals surface area contributed by atoms with Crippen LogP contribution in [0.5, 0.6) is 11.5 Å². The molecule has 2 rings (SSSR count). The molecule has 0 fully saturated rings. The lowest BCUT2D eigenvalue weighted by Gasteiger charge is -2.16. The maximum atomic E-state index is 12.2. The van der Waals surface area contributed by atoms with Crippen molar-refractivity contribution in [3.8, 4) is 11.5 Å². The van der Waals surface area contributed by atoms with Gasteiger partial charge >= 0.3 is 0 Å². The quantitative estimate of drug-likeness (QED) is 0.855. The summed E-state index contributed by atoms with van der Waals surface area (Å²) in [6, 6.07) is 13.4. The van der Waals surface area contributed by atoms with Gasteiger partial charge < -0.3 is 20.5 Å². The summed E-state index contributed by atoms with van der Waals surface area (Å²) in [7, 11) is 1.53. The number of anilines is 1. The van der Waals surface area contributed by atoms with Crippen molar-refractivity contribution in [2.24, 2.45) is 5.73 Å². The van der Waals surface area contributed by atoms with Crippen molar-refractivity contribution in [2.75, 3.05) is 12.4 Å². The number of para-hydroxylation sites is 2. The van der Waals surface area contributed by atoms with Crippen LogP contribution in [0, 0.1) is 0 Å². The van der Waals surface area contributed by atoms with E-state index < -0.39 is 12.0 Å². The standard InChI is InChI=1S/C17H18N2O4/c1-11(23-15-6-4-3-5-14(15)22-2)17(21)19-13-9-7-12(8-10-13)16(18)20/h3-11H,1-2H3,(H2,18,20)(H,19,21)/t11-/m0/s1. The topological polar surface area (TPSA) is 90.7 Å². The molecule has 0 radical (unpaired) electrons. The second-order valence-corrected chi connectivity index (χ2v) is 4.84. The molecule has 0 saturated carbocycles. The molecule has 0 bridgehead atoms. The highest BCUT2D eigenvalue weighted by Crippen LogP contribution is 2.27. The molecule has 2 amide bonds. The number of ether oxygens (including phenoxy) is 2. The number of carbonyl (C=O) groups is 2. The molecule has 0 saturated heterocycles. The van der Waals surface area contributed by atoms with Gasteiger partial charge in [-0.2, -0.15) is 0 Å². The SMILES string of the molecule is COc1ccccc1O[C@@H](C)C(=O)Nc1ccc(C(N)=O)cc1. The first-order chi connectivity index (χ1) is 11.0. The molecule has 0 aromatic heterocycles. The second kappa shape index (κ2) is 7.31. The van der Waals surface area contributed by atoms with E-state index in [0.717, 1.165) is 0 Å². The Morgan fingerprint density at radius 3 is 2.22 bits per heavy atom. The number of nitrogens with two attached hydrogens (primary N) is 1. The molecule has 6 nitrogen and oxygen atoms in total. The van der Waals surface area contributed by atoms with E-state index in [1.807, 2.05) is 6.07 Å². The minimum atomic E-state index is -0.720. The molecule has 2 aromatic carbocycles. The summed E-state index contributed by atoms with van der Waals surface area (Å²) in [6.45, 7) is 1.64. The average Bonchev–Trinajstić information content (AvgIpc) is 2.55. The first kappa shape index (κ1) is 16.4. The van der Waals surface area contributed by atoms with Crippen molar-refractivity contribution in [1.82, 2.24) is 0 Å². The van der Waals surface area contributed by atoms with Gasteiger partial charge in [0.05, 0.1) is 7.11 Å². The van der Waals surface area contributed by atoms with Crippen molar-refractivity contribution in [3.63, 3.8) is 0 Å². The summed E-state index contributed by atoms with van der Waals surface area (Å²) in [5.41, 5.74) is 6.10. The first-order valence-electron chi connectivity index (χ1n) is 7.01. The molecular formula is C17H18N2O4. The van der Waals surface area contributed by atoms with Crippen LogP contribution in [0.1, 0.15) is 17.3 Å². The average molecular weight is 314 g/mol. The number of carbonyl (C=O) groups excluding carboxylic acids is 2. The highest BCUT2D eigenvalue weighted by Gasteiger charge is 2.17. The molecule has 0 heterocycles. The molecule has 1 atom stereocenters. The molecular weight excluding hydrogens is 296 g/mol. The zero-order valence-electron chi connectivity index (χ0n) is 12.9. The van der Waals surface area contributed by atoms with E-state index in [1.54, 1.807) is 49.4 Å². The molecule has 3 N–H and O–H groups in total. The molecule has 0 aliphatic heterocycles. The van der Waals surface area contributed by atoms with Crippen LogP contribution in [0.3, 0.4) is 0 Å². The monoisotopic (exact) mass is 314 g/mol. The number of hydrogen-bond donors (Lipinski definition) is 2. The van der Waals surface area contributed by atoms with E-state index in [4.69, 9.17) is 15.2 Å². The normalized spacial score (nSPS) is 11.4. The van der Waals surface area contributed by atoms with E-state index in [2.05, 4.69) is 5.32 Å². The fourth-order valence-electron chi connectivity index (χ4n) is 1.92. The van der Waals surface area contributed by atoms with Gasteiger partial charge in [-0.05, 0) is 43.3 Å². The van der Waals surface area contributed by atoms with Crippen LogP contribution < -0.4 is 20.5 Å². The zero-order chi connectivity index (χ0) is 16.8. The summed E-state index contributed by atoms with van der Waals surface area (Å²) < 4.78 is 10.8. The molecule has 0 aliphatic rings. The number of amides is 2. The van der Waals surface area contributed by atoms with Gasteiger partial charge in [0.1, 0.15) is 0 Å². The minimum absolute atomic E-state index is 0.317. The number of methoxy groups -OCH3 is 1. The van der Waals surface area contributed by atoms with Crippen molar-refractivity contribution in [3.05, 3.63) is 54.1 Å². The molecule has 23 heavy (non-hydrogen) atoms. The van der Waals surface area contributed by atoms with Gasteiger partial charge in [-0.15, -0.1) is 0 Å². The van der Waals surface area contributed by atoms with Crippen LogP contribution in [0.15, 0.2) is 48.5 Å². The number of hydrogen-bond acceptors (Lipinski definition) is 4. The lowest BCUT2D eigenvalue weighted by Crippen LogP contribution is -2.30. The van der Waals surface area contributed by atoms with Crippen LogP contribution in [-0.2, 0) is 4.79 Å². The van der Waals surface area contributed by atoms with Gasteiger partial charge in [0.25, 0.3) is 5.91 Å². The molecule has 0 unspecified atom stereocenters. The van der Waals surface area contributed by atoms with E-state index in [-0.39, 0.29) is 5.91 Å². The van der Waals surface area contributed by atoms with E-state index in [1.165, 1.54) is 7.11 Å². The van der Waals surface area contributed by atoms with Crippen LogP contribution >= 0.6 is 0 Å². The Kier molecular flexibility index (Phi) is 5.19. The maximum absolute atomic E-state index is 12.2. The number of nitrogens with one attached hydrogen (secondary N) is 1. The highest BCUT2D eigenvalue weighted by atomic mass is 16.5. The van der Waals surface area contributed by atoms with Crippen molar-refractivity contribution in [2.45, 2.75) is 13.0 Å². The van der Waals surface area contributed by atoms with E-state index in [0.29, 0.717) is 22.7 Å². The third-order valence-corrected chi connectivity index (χ3v) is 3.18. The molecule has 6 heteroatoms. The van der Waals surface area contributed by atoms with Crippen LogP contribution in [-0.4, -0.2) is 25.0 Å². The Morgan fingerprint density at radius 1 is 1.04 bits per heavy atom. The van der Waals surface area contributed by atoms with Crippen LogP contribution in [0.2, 0.25) is 0 Å².